The number of fused-ring (bicyclic) bond motifs is 1. The normalized spacial score (nSPS) is 10.1. The fourth-order valence-electron chi connectivity index (χ4n) is 1.82. The van der Waals surface area contributed by atoms with Crippen molar-refractivity contribution < 1.29 is 24.5 Å². The molecule has 0 aliphatic carbocycles. The summed E-state index contributed by atoms with van der Waals surface area (Å²) >= 11 is 0. The number of halogens is 1. The monoisotopic (exact) mass is 415 g/mol. The zero-order valence-electron chi connectivity index (χ0n) is 9.35. The smallest absolute Gasteiger partial charge is 0.125 e. The number of pyridine rings is 1. The van der Waals surface area contributed by atoms with Gasteiger partial charge in [-0.2, -0.15) is 0 Å². The molecule has 0 saturated carbocycles. The molecule has 1 nitrogen and oxygen atoms in total. The number of nitrogens with zero attached hydrogens (tertiary/aromatic N) is 1. The summed E-state index contributed by atoms with van der Waals surface area (Å²) < 4.78 is 13.9. The summed E-state index contributed by atoms with van der Waals surface area (Å²) in [5.41, 5.74) is 2.08. The first-order valence-corrected chi connectivity index (χ1v) is 5.37. The van der Waals surface area contributed by atoms with Crippen LogP contribution in [0.15, 0.2) is 54.6 Å². The Hall–Kier alpha value is -1.57. The molecule has 91 valence electrons. The summed E-state index contributed by atoms with van der Waals surface area (Å²) in [6.45, 7) is 0. The van der Waals surface area contributed by atoms with Crippen molar-refractivity contribution in [3.8, 4) is 11.3 Å². The van der Waals surface area contributed by atoms with Crippen LogP contribution in [0, 0.1) is 11.9 Å². The summed E-state index contributed by atoms with van der Waals surface area (Å²) in [4.78, 5) is 4.44. The van der Waals surface area contributed by atoms with E-state index in [2.05, 4.69) is 11.1 Å². The Kier molecular flexibility index (Phi) is 3.85. The molecule has 0 N–H and O–H groups in total. The van der Waals surface area contributed by atoms with Gasteiger partial charge in [0.2, 0.25) is 0 Å². The van der Waals surface area contributed by atoms with E-state index in [9.17, 15) is 4.39 Å². The van der Waals surface area contributed by atoms with E-state index in [0.29, 0.717) is 16.6 Å². The summed E-state index contributed by atoms with van der Waals surface area (Å²) in [7, 11) is 0. The third kappa shape index (κ3) is 2.33. The van der Waals surface area contributed by atoms with Crippen molar-refractivity contribution in [2.45, 2.75) is 0 Å². The van der Waals surface area contributed by atoms with E-state index in [-0.39, 0.29) is 25.9 Å². The van der Waals surface area contributed by atoms with Crippen LogP contribution in [0.5, 0.6) is 0 Å². The Morgan fingerprint density at radius 1 is 1.00 bits per heavy atom. The molecular formula is C15H9FIrN-. The van der Waals surface area contributed by atoms with Crippen molar-refractivity contribution in [2.24, 2.45) is 0 Å². The average Bonchev–Trinajstić information content (AvgIpc) is 2.40. The Balaban J connectivity index is 0.00000120. The maximum atomic E-state index is 13.9. The van der Waals surface area contributed by atoms with Gasteiger partial charge in [-0.15, -0.1) is 35.9 Å². The van der Waals surface area contributed by atoms with Crippen LogP contribution >= 0.6 is 0 Å². The topological polar surface area (TPSA) is 12.9 Å². The Morgan fingerprint density at radius 3 is 2.56 bits per heavy atom. The third-order valence-electron chi connectivity index (χ3n) is 2.65. The number of rotatable bonds is 1. The number of aromatic nitrogens is 1. The maximum absolute atomic E-state index is 13.9. The standard InChI is InChI=1S/C15H9FN.Ir/c16-13-10-15(11-6-2-1-3-7-11)17-14-9-5-4-8-12(13)14;/h1-6,8-10H;/q-1;. The number of para-hydroxylation sites is 1. The van der Waals surface area contributed by atoms with Crippen molar-refractivity contribution in [3.63, 3.8) is 0 Å². The Morgan fingerprint density at radius 2 is 1.78 bits per heavy atom. The maximum Gasteiger partial charge on any atom is 0.125 e. The quantitative estimate of drug-likeness (QED) is 0.552. The van der Waals surface area contributed by atoms with Crippen LogP contribution in [0.1, 0.15) is 0 Å². The first kappa shape index (κ1) is 12.9. The zero-order valence-corrected chi connectivity index (χ0v) is 11.7. The average molecular weight is 414 g/mol. The zero-order chi connectivity index (χ0) is 11.7. The largest absolute Gasteiger partial charge is 0.296 e. The van der Waals surface area contributed by atoms with Gasteiger partial charge in [-0.3, -0.25) is 4.98 Å². The van der Waals surface area contributed by atoms with E-state index in [0.717, 1.165) is 5.56 Å². The molecule has 3 aromatic rings. The van der Waals surface area contributed by atoms with Crippen LogP contribution in [-0.2, 0) is 20.1 Å². The molecule has 0 unspecified atom stereocenters. The SMILES string of the molecule is Fc1cc(-c2[c-]cccc2)nc2ccccc12.[Ir]. The van der Waals surface area contributed by atoms with Crippen molar-refractivity contribution in [2.75, 3.05) is 0 Å². The van der Waals surface area contributed by atoms with Gasteiger partial charge in [-0.25, -0.2) is 4.39 Å². The molecular weight excluding hydrogens is 405 g/mol. The minimum atomic E-state index is -0.247. The van der Waals surface area contributed by atoms with Gasteiger partial charge in [-0.05, 0) is 23.9 Å². The molecule has 1 aromatic heterocycles. The summed E-state index contributed by atoms with van der Waals surface area (Å²) in [6.07, 6.45) is 0. The number of hydrogen-bond donors (Lipinski definition) is 0. The molecule has 0 atom stereocenters. The summed E-state index contributed by atoms with van der Waals surface area (Å²) in [5, 5.41) is 0.548. The van der Waals surface area contributed by atoms with Crippen LogP contribution in [0.4, 0.5) is 4.39 Å². The van der Waals surface area contributed by atoms with Crippen molar-refractivity contribution >= 4 is 10.9 Å². The van der Waals surface area contributed by atoms with Crippen molar-refractivity contribution in [1.29, 1.82) is 0 Å². The molecule has 18 heavy (non-hydrogen) atoms. The van der Waals surface area contributed by atoms with E-state index in [1.807, 2.05) is 30.3 Å². The first-order valence-electron chi connectivity index (χ1n) is 5.37. The summed E-state index contributed by atoms with van der Waals surface area (Å²) in [6, 6.07) is 19.1. The molecule has 1 radical (unpaired) electrons. The number of hydrogen-bond acceptors (Lipinski definition) is 1. The molecule has 0 bridgehead atoms. The number of benzene rings is 2. The minimum Gasteiger partial charge on any atom is -0.296 e. The first-order chi connectivity index (χ1) is 8.34. The van der Waals surface area contributed by atoms with Gasteiger partial charge in [0, 0.05) is 25.5 Å². The van der Waals surface area contributed by atoms with Crippen LogP contribution in [0.3, 0.4) is 0 Å². The molecule has 0 saturated heterocycles. The molecule has 1 heterocycles. The van der Waals surface area contributed by atoms with Gasteiger partial charge >= 0.3 is 0 Å². The molecule has 0 aliphatic heterocycles. The molecule has 2 aromatic carbocycles. The van der Waals surface area contributed by atoms with E-state index in [4.69, 9.17) is 0 Å². The van der Waals surface area contributed by atoms with Crippen LogP contribution in [0.2, 0.25) is 0 Å². The fourth-order valence-corrected chi connectivity index (χ4v) is 1.82. The van der Waals surface area contributed by atoms with Gasteiger partial charge in [0.05, 0.1) is 5.52 Å². The van der Waals surface area contributed by atoms with Crippen molar-refractivity contribution in [3.05, 3.63) is 66.5 Å². The molecule has 0 fully saturated rings. The fraction of sp³-hybridized carbons (Fsp3) is 0. The van der Waals surface area contributed by atoms with Crippen molar-refractivity contribution in [1.82, 2.24) is 4.98 Å². The Bertz CT molecular complexity index is 668. The van der Waals surface area contributed by atoms with Crippen LogP contribution in [-0.4, -0.2) is 4.98 Å². The Labute approximate surface area is 118 Å². The van der Waals surface area contributed by atoms with Gasteiger partial charge in [0.25, 0.3) is 0 Å². The van der Waals surface area contributed by atoms with Gasteiger partial charge < -0.3 is 0 Å². The predicted octanol–water partition coefficient (Wildman–Crippen LogP) is 3.84. The second-order valence-electron chi connectivity index (χ2n) is 3.78. The molecule has 3 heteroatoms. The minimum absolute atomic E-state index is 0. The second-order valence-corrected chi connectivity index (χ2v) is 3.78. The van der Waals surface area contributed by atoms with Gasteiger partial charge in [0.1, 0.15) is 5.82 Å². The molecule has 0 amide bonds. The van der Waals surface area contributed by atoms with Gasteiger partial charge in [-0.1, -0.05) is 12.1 Å². The molecule has 0 aliphatic rings. The molecule has 0 spiro atoms. The van der Waals surface area contributed by atoms with Crippen LogP contribution in [0.25, 0.3) is 22.2 Å². The second kappa shape index (κ2) is 5.38. The van der Waals surface area contributed by atoms with E-state index in [1.165, 1.54) is 6.07 Å². The van der Waals surface area contributed by atoms with E-state index >= 15 is 0 Å². The predicted molar refractivity (Wildman–Crippen MR) is 66.0 cm³/mol. The van der Waals surface area contributed by atoms with Gasteiger partial charge in [0.15, 0.2) is 0 Å². The van der Waals surface area contributed by atoms with E-state index < -0.39 is 0 Å². The molecule has 3 rings (SSSR count). The summed E-state index contributed by atoms with van der Waals surface area (Å²) in [5.74, 6) is -0.247. The van der Waals surface area contributed by atoms with E-state index in [1.54, 1.807) is 18.2 Å². The third-order valence-corrected chi connectivity index (χ3v) is 2.65. The van der Waals surface area contributed by atoms with Crippen LogP contribution < -0.4 is 0 Å².